The van der Waals surface area contributed by atoms with Gasteiger partial charge in [-0.25, -0.2) is 0 Å². The van der Waals surface area contributed by atoms with Crippen LogP contribution in [0.1, 0.15) is 44.7 Å². The van der Waals surface area contributed by atoms with Crippen LogP contribution in [0.15, 0.2) is 63.7 Å². The highest BCUT2D eigenvalue weighted by molar-refractivity contribution is 6.47. The molecule has 154 valence electrons. The van der Waals surface area contributed by atoms with E-state index in [1.165, 1.54) is 11.1 Å². The summed E-state index contributed by atoms with van der Waals surface area (Å²) in [4.78, 5) is 16.9. The number of carbonyl (C=O) groups excluding carboxylic acids is 1. The molecule has 1 aromatic rings. The van der Waals surface area contributed by atoms with Crippen LogP contribution in [-0.4, -0.2) is 31.8 Å². The third-order valence-electron chi connectivity index (χ3n) is 5.43. The lowest BCUT2D eigenvalue weighted by Gasteiger charge is -2.29. The van der Waals surface area contributed by atoms with Gasteiger partial charge >= 0.3 is 0 Å². The number of dihydropyridines is 1. The summed E-state index contributed by atoms with van der Waals surface area (Å²) >= 11 is 0. The molecule has 0 N–H and O–H groups in total. The minimum absolute atomic E-state index is 0.0246. The van der Waals surface area contributed by atoms with Crippen LogP contribution in [0.2, 0.25) is 0 Å². The van der Waals surface area contributed by atoms with Crippen LogP contribution in [0.25, 0.3) is 11.6 Å². The maximum Gasteiger partial charge on any atom is 0.178 e. The van der Waals surface area contributed by atoms with Crippen molar-refractivity contribution in [3.8, 4) is 11.5 Å². The molecule has 1 aromatic carbocycles. The second-order valence-corrected chi connectivity index (χ2v) is 8.03. The third-order valence-corrected chi connectivity index (χ3v) is 5.43. The molecule has 3 aliphatic rings. The van der Waals surface area contributed by atoms with Crippen LogP contribution < -0.4 is 9.47 Å². The van der Waals surface area contributed by atoms with Crippen molar-refractivity contribution in [2.45, 2.75) is 33.6 Å². The number of ketones is 1. The normalized spacial score (nSPS) is 18.7. The van der Waals surface area contributed by atoms with Crippen molar-refractivity contribution in [2.24, 2.45) is 4.99 Å². The number of Topliss-reactive ketones (excluding diaryl/α,β-unsaturated/α-hetero) is 1. The molecule has 0 amide bonds. The van der Waals surface area contributed by atoms with Gasteiger partial charge in [-0.15, -0.1) is 0 Å². The summed E-state index contributed by atoms with van der Waals surface area (Å²) in [5.41, 5.74) is 7.95. The van der Waals surface area contributed by atoms with E-state index < -0.39 is 0 Å². The fourth-order valence-corrected chi connectivity index (χ4v) is 4.15. The Morgan fingerprint density at radius 2 is 2.03 bits per heavy atom. The molecule has 30 heavy (non-hydrogen) atoms. The maximum atomic E-state index is 12.3. The summed E-state index contributed by atoms with van der Waals surface area (Å²) in [6.45, 7) is 6.52. The maximum absolute atomic E-state index is 12.3. The van der Waals surface area contributed by atoms with Crippen molar-refractivity contribution >= 4 is 23.1 Å². The molecule has 4 heteroatoms. The molecule has 0 atom stereocenters. The van der Waals surface area contributed by atoms with Gasteiger partial charge in [0.1, 0.15) is 23.8 Å². The van der Waals surface area contributed by atoms with E-state index in [-0.39, 0.29) is 5.78 Å². The number of benzene rings is 1. The first kappa shape index (κ1) is 20.1. The summed E-state index contributed by atoms with van der Waals surface area (Å²) in [6.07, 6.45) is 13.0. The van der Waals surface area contributed by atoms with Gasteiger partial charge in [0.2, 0.25) is 0 Å². The zero-order valence-electron chi connectivity index (χ0n) is 18.0. The number of hydrogen-bond donors (Lipinski definition) is 0. The molecule has 0 spiro atoms. The van der Waals surface area contributed by atoms with Gasteiger partial charge in [-0.3, -0.25) is 9.79 Å². The Morgan fingerprint density at radius 1 is 1.20 bits per heavy atom. The van der Waals surface area contributed by atoms with E-state index >= 15 is 0 Å². The van der Waals surface area contributed by atoms with E-state index in [0.717, 1.165) is 52.2 Å². The lowest BCUT2D eigenvalue weighted by Crippen LogP contribution is -2.27. The van der Waals surface area contributed by atoms with Gasteiger partial charge < -0.3 is 9.47 Å². The van der Waals surface area contributed by atoms with Gasteiger partial charge in [0.25, 0.3) is 0 Å². The number of hydrogen-bond acceptors (Lipinski definition) is 4. The number of aliphatic imine (C=N–C) groups is 1. The van der Waals surface area contributed by atoms with Crippen LogP contribution >= 0.6 is 0 Å². The highest BCUT2D eigenvalue weighted by Gasteiger charge is 2.31. The molecule has 0 saturated heterocycles. The molecule has 4 rings (SSSR count). The molecular formula is C26H27NO3. The Bertz CT molecular complexity index is 1090. The average molecular weight is 402 g/mol. The number of methoxy groups -OCH3 is 1. The summed E-state index contributed by atoms with van der Waals surface area (Å²) < 4.78 is 11.7. The number of nitrogens with zero attached hydrogens (tertiary/aromatic N) is 1. The number of rotatable bonds is 4. The zero-order chi connectivity index (χ0) is 21.3. The first-order valence-electron chi connectivity index (χ1n) is 10.3. The van der Waals surface area contributed by atoms with Crippen LogP contribution in [0.4, 0.5) is 0 Å². The van der Waals surface area contributed by atoms with E-state index in [1.54, 1.807) is 14.0 Å². The van der Waals surface area contributed by atoms with Gasteiger partial charge in [-0.1, -0.05) is 29.9 Å². The summed E-state index contributed by atoms with van der Waals surface area (Å²) in [5.74, 6) is 1.53. The molecule has 4 nitrogen and oxygen atoms in total. The minimum Gasteiger partial charge on any atom is -0.496 e. The van der Waals surface area contributed by atoms with Gasteiger partial charge in [-0.2, -0.15) is 0 Å². The summed E-state index contributed by atoms with van der Waals surface area (Å²) in [5, 5.41) is 0. The molecule has 0 aromatic heterocycles. The van der Waals surface area contributed by atoms with Crippen molar-refractivity contribution in [2.75, 3.05) is 20.3 Å². The van der Waals surface area contributed by atoms with Crippen molar-refractivity contribution in [1.82, 2.24) is 0 Å². The Kier molecular flexibility index (Phi) is 5.58. The fraction of sp³-hybridized carbons (Fsp3) is 0.308. The Labute approximate surface area is 178 Å². The second-order valence-electron chi connectivity index (χ2n) is 8.03. The van der Waals surface area contributed by atoms with E-state index in [9.17, 15) is 4.79 Å². The molecule has 2 aliphatic heterocycles. The van der Waals surface area contributed by atoms with E-state index in [4.69, 9.17) is 9.47 Å². The van der Waals surface area contributed by atoms with Crippen molar-refractivity contribution in [1.29, 1.82) is 0 Å². The fourth-order valence-electron chi connectivity index (χ4n) is 4.15. The van der Waals surface area contributed by atoms with Gasteiger partial charge in [-0.05, 0) is 55.6 Å². The van der Waals surface area contributed by atoms with Crippen LogP contribution in [0, 0.1) is 0 Å². The largest absolute Gasteiger partial charge is 0.496 e. The number of fused-ring (bicyclic) bond motifs is 2. The van der Waals surface area contributed by atoms with Gasteiger partial charge in [0.15, 0.2) is 5.78 Å². The van der Waals surface area contributed by atoms with Crippen LogP contribution in [-0.2, 0) is 4.79 Å². The predicted molar refractivity (Wildman–Crippen MR) is 122 cm³/mol. The molecule has 0 unspecified atom stereocenters. The molecule has 2 heterocycles. The first-order chi connectivity index (χ1) is 14.5. The molecule has 0 radical (unpaired) electrons. The quantitative estimate of drug-likeness (QED) is 0.668. The van der Waals surface area contributed by atoms with E-state index in [0.29, 0.717) is 18.9 Å². The number of carbonyl (C=O) groups is 1. The molecule has 0 saturated carbocycles. The molecule has 1 aliphatic carbocycles. The lowest BCUT2D eigenvalue weighted by atomic mass is 9.84. The first-order valence-corrected chi connectivity index (χ1v) is 10.3. The van der Waals surface area contributed by atoms with Crippen LogP contribution in [0.3, 0.4) is 0 Å². The number of allylic oxidation sites excluding steroid dienone is 6. The standard InChI is InChI=1S/C26H27NO3/c1-16(2)10-19-12-21-24(13-23(19)29-4)30-15-22-25(21)20(14-27-26(22)17(3)28)11-18-8-6-5-7-9-18/h6,8-13H,5,7,14-15H2,1-4H3. The predicted octanol–water partition coefficient (Wildman–Crippen LogP) is 5.51. The average Bonchev–Trinajstić information content (AvgIpc) is 2.73. The minimum atomic E-state index is -0.0246. The monoisotopic (exact) mass is 401 g/mol. The third kappa shape index (κ3) is 3.82. The highest BCUT2D eigenvalue weighted by atomic mass is 16.5. The van der Waals surface area contributed by atoms with Crippen molar-refractivity contribution in [3.05, 3.63) is 69.9 Å². The Balaban J connectivity index is 1.93. The Hall–Kier alpha value is -3.14. The zero-order valence-corrected chi connectivity index (χ0v) is 18.0. The summed E-state index contributed by atoms with van der Waals surface area (Å²) in [7, 11) is 1.67. The van der Waals surface area contributed by atoms with Gasteiger partial charge in [0.05, 0.1) is 13.7 Å². The van der Waals surface area contributed by atoms with Gasteiger partial charge in [0, 0.05) is 29.7 Å². The van der Waals surface area contributed by atoms with Crippen molar-refractivity contribution in [3.63, 3.8) is 0 Å². The molecule has 0 bridgehead atoms. The molecular weight excluding hydrogens is 374 g/mol. The van der Waals surface area contributed by atoms with E-state index in [2.05, 4.69) is 55.3 Å². The van der Waals surface area contributed by atoms with Crippen LogP contribution in [0.5, 0.6) is 11.5 Å². The highest BCUT2D eigenvalue weighted by Crippen LogP contribution is 2.43. The summed E-state index contributed by atoms with van der Waals surface area (Å²) in [6, 6.07) is 4.06. The second kappa shape index (κ2) is 8.31. The SMILES string of the molecule is COc1cc2c(cc1C=C(C)C)C1=C(CO2)C(C(C)=O)=NCC1=CC1=CCCC=C1. The van der Waals surface area contributed by atoms with E-state index in [1.807, 2.05) is 6.07 Å². The van der Waals surface area contributed by atoms with Crippen molar-refractivity contribution < 1.29 is 14.3 Å². The Morgan fingerprint density at radius 3 is 2.70 bits per heavy atom. The topological polar surface area (TPSA) is 47.9 Å². The molecule has 0 fully saturated rings. The smallest absolute Gasteiger partial charge is 0.178 e. The lowest BCUT2D eigenvalue weighted by molar-refractivity contribution is -0.111. The number of ether oxygens (including phenoxy) is 2.